The smallest absolute Gasteiger partial charge is 0.248 e. The number of fused-ring (bicyclic) bond motifs is 2. The van der Waals surface area contributed by atoms with Gasteiger partial charge in [-0.1, -0.05) is 0 Å². The summed E-state index contributed by atoms with van der Waals surface area (Å²) in [7, 11) is 2.06. The molecule has 0 spiro atoms. The van der Waals surface area contributed by atoms with Gasteiger partial charge in [-0.2, -0.15) is 0 Å². The Bertz CT molecular complexity index is 478. The molecule has 1 aromatic heterocycles. The molecule has 2 atom stereocenters. The van der Waals surface area contributed by atoms with Crippen molar-refractivity contribution < 1.29 is 4.79 Å². The Labute approximate surface area is 113 Å². The first kappa shape index (κ1) is 12.4. The number of aromatic nitrogens is 1. The lowest BCUT2D eigenvalue weighted by Crippen LogP contribution is -2.47. The quantitative estimate of drug-likeness (QED) is 0.847. The molecular formula is C14H20N4O. The number of rotatable bonds is 3. The first-order chi connectivity index (χ1) is 9.13. The maximum absolute atomic E-state index is 11.2. The molecule has 5 heteroatoms. The van der Waals surface area contributed by atoms with E-state index >= 15 is 0 Å². The van der Waals surface area contributed by atoms with Gasteiger partial charge in [-0.3, -0.25) is 4.79 Å². The zero-order valence-electron chi connectivity index (χ0n) is 11.2. The summed E-state index contributed by atoms with van der Waals surface area (Å²) in [6, 6.07) is 5.23. The summed E-state index contributed by atoms with van der Waals surface area (Å²) < 4.78 is 0. The van der Waals surface area contributed by atoms with Gasteiger partial charge in [0.2, 0.25) is 5.91 Å². The second kappa shape index (κ2) is 4.81. The van der Waals surface area contributed by atoms with Crippen molar-refractivity contribution in [2.24, 2.45) is 5.73 Å². The third-order valence-corrected chi connectivity index (χ3v) is 4.39. The highest BCUT2D eigenvalue weighted by atomic mass is 16.1. The molecule has 2 fully saturated rings. The van der Waals surface area contributed by atoms with Crippen LogP contribution in [0, 0.1) is 0 Å². The van der Waals surface area contributed by atoms with E-state index in [0.29, 0.717) is 23.7 Å². The highest BCUT2D eigenvalue weighted by molar-refractivity contribution is 5.93. The van der Waals surface area contributed by atoms with Crippen LogP contribution in [0.2, 0.25) is 0 Å². The van der Waals surface area contributed by atoms with E-state index < -0.39 is 5.91 Å². The molecule has 3 rings (SSSR count). The van der Waals surface area contributed by atoms with Crippen LogP contribution in [-0.2, 0) is 0 Å². The van der Waals surface area contributed by atoms with E-state index in [-0.39, 0.29) is 0 Å². The maximum Gasteiger partial charge on any atom is 0.248 e. The molecule has 2 saturated heterocycles. The van der Waals surface area contributed by atoms with Crippen molar-refractivity contribution in [2.75, 3.05) is 11.9 Å². The number of anilines is 1. The molecule has 2 aliphatic rings. The summed E-state index contributed by atoms with van der Waals surface area (Å²) in [4.78, 5) is 17.8. The zero-order chi connectivity index (χ0) is 13.4. The van der Waals surface area contributed by atoms with E-state index in [1.807, 2.05) is 0 Å². The van der Waals surface area contributed by atoms with Gasteiger partial charge in [0.25, 0.3) is 0 Å². The molecule has 1 aromatic rings. The number of nitrogens with one attached hydrogen (secondary N) is 1. The molecule has 2 unspecified atom stereocenters. The van der Waals surface area contributed by atoms with Crippen molar-refractivity contribution in [3.8, 4) is 0 Å². The van der Waals surface area contributed by atoms with Gasteiger partial charge in [0, 0.05) is 36.9 Å². The first-order valence-corrected chi connectivity index (χ1v) is 6.88. The monoisotopic (exact) mass is 260 g/mol. The summed E-state index contributed by atoms with van der Waals surface area (Å²) in [5.74, 6) is 0.435. The van der Waals surface area contributed by atoms with Crippen LogP contribution >= 0.6 is 0 Å². The largest absolute Gasteiger partial charge is 0.366 e. The van der Waals surface area contributed by atoms with Crippen molar-refractivity contribution in [1.82, 2.24) is 10.3 Å². The third kappa shape index (κ3) is 2.42. The van der Waals surface area contributed by atoms with Crippen molar-refractivity contribution >= 4 is 11.7 Å². The molecule has 0 aliphatic carbocycles. The Hall–Kier alpha value is -1.62. The number of hydrogen-bond acceptors (Lipinski definition) is 4. The number of hydrogen-bond donors (Lipinski definition) is 2. The Morgan fingerprint density at radius 1 is 1.42 bits per heavy atom. The topological polar surface area (TPSA) is 71.2 Å². The highest BCUT2D eigenvalue weighted by Crippen LogP contribution is 2.30. The van der Waals surface area contributed by atoms with Gasteiger partial charge in [0.1, 0.15) is 5.82 Å². The number of nitrogens with two attached hydrogens (primary N) is 1. The van der Waals surface area contributed by atoms with Crippen molar-refractivity contribution in [3.05, 3.63) is 23.9 Å². The molecule has 3 N–H and O–H groups in total. The van der Waals surface area contributed by atoms with Gasteiger partial charge in [-0.25, -0.2) is 4.98 Å². The number of piperidine rings is 1. The number of amides is 1. The number of carbonyl (C=O) groups is 1. The Balaban J connectivity index is 1.78. The van der Waals surface area contributed by atoms with E-state index in [0.717, 1.165) is 18.7 Å². The minimum absolute atomic E-state index is 0.401. The molecule has 5 nitrogen and oxygen atoms in total. The number of carbonyl (C=O) groups excluding carboxylic acids is 1. The van der Waals surface area contributed by atoms with Crippen LogP contribution in [0.3, 0.4) is 0 Å². The van der Waals surface area contributed by atoms with E-state index in [1.165, 1.54) is 12.8 Å². The molecule has 102 valence electrons. The summed E-state index contributed by atoms with van der Waals surface area (Å²) in [5, 5.41) is 3.64. The van der Waals surface area contributed by atoms with E-state index in [1.54, 1.807) is 18.3 Å². The minimum atomic E-state index is -0.401. The van der Waals surface area contributed by atoms with Crippen molar-refractivity contribution in [3.63, 3.8) is 0 Å². The fraction of sp³-hybridized carbons (Fsp3) is 0.571. The van der Waals surface area contributed by atoms with E-state index in [2.05, 4.69) is 22.2 Å². The Kier molecular flexibility index (Phi) is 3.14. The second-order valence-electron chi connectivity index (χ2n) is 5.64. The Morgan fingerprint density at radius 2 is 2.11 bits per heavy atom. The van der Waals surface area contributed by atoms with Crippen molar-refractivity contribution in [1.29, 1.82) is 0 Å². The summed E-state index contributed by atoms with van der Waals surface area (Å²) >= 11 is 0. The van der Waals surface area contributed by atoms with Crippen LogP contribution in [0.4, 0.5) is 5.82 Å². The van der Waals surface area contributed by atoms with Gasteiger partial charge in [-0.05, 0) is 37.8 Å². The predicted octanol–water partition coefficient (Wildman–Crippen LogP) is 0.900. The highest BCUT2D eigenvalue weighted by Gasteiger charge is 2.35. The lowest BCUT2D eigenvalue weighted by Gasteiger charge is -2.36. The normalized spacial score (nSPS) is 29.2. The molecule has 0 radical (unpaired) electrons. The number of primary amides is 1. The van der Waals surface area contributed by atoms with Crippen LogP contribution in [0.5, 0.6) is 0 Å². The van der Waals surface area contributed by atoms with Crippen LogP contribution in [0.25, 0.3) is 0 Å². The van der Waals surface area contributed by atoms with Crippen LogP contribution < -0.4 is 16.0 Å². The molecule has 2 bridgehead atoms. The van der Waals surface area contributed by atoms with Crippen LogP contribution in [-0.4, -0.2) is 36.1 Å². The first-order valence-electron chi connectivity index (χ1n) is 6.88. The van der Waals surface area contributed by atoms with Gasteiger partial charge in [-0.15, -0.1) is 0 Å². The molecule has 2 aliphatic heterocycles. The number of nitrogens with zero attached hydrogens (tertiary/aromatic N) is 2. The maximum atomic E-state index is 11.2. The molecular weight excluding hydrogens is 240 g/mol. The summed E-state index contributed by atoms with van der Waals surface area (Å²) in [6.45, 7) is 0. The third-order valence-electron chi connectivity index (χ3n) is 4.39. The van der Waals surface area contributed by atoms with Gasteiger partial charge >= 0.3 is 0 Å². The predicted molar refractivity (Wildman–Crippen MR) is 74.1 cm³/mol. The van der Waals surface area contributed by atoms with E-state index in [4.69, 9.17) is 5.73 Å². The summed E-state index contributed by atoms with van der Waals surface area (Å²) in [5.41, 5.74) is 5.84. The fourth-order valence-corrected chi connectivity index (χ4v) is 3.30. The zero-order valence-corrected chi connectivity index (χ0v) is 11.2. The van der Waals surface area contributed by atoms with Gasteiger partial charge < -0.3 is 16.0 Å². The Morgan fingerprint density at radius 3 is 2.74 bits per heavy atom. The summed E-state index contributed by atoms with van der Waals surface area (Å²) in [6.07, 6.45) is 6.51. The van der Waals surface area contributed by atoms with Gasteiger partial charge in [0.05, 0.1) is 0 Å². The van der Waals surface area contributed by atoms with Crippen molar-refractivity contribution in [2.45, 2.75) is 43.8 Å². The lowest BCUT2D eigenvalue weighted by atomic mass is 9.98. The standard InChI is InChI=1S/C14H20N4O/c1-18(12-7-10-2-3-11(8-12)17-10)13-6-9(14(15)19)4-5-16-13/h4-6,10-12,17H,2-3,7-8H2,1H3,(H2,15,19). The molecule has 19 heavy (non-hydrogen) atoms. The number of pyridine rings is 1. The minimum Gasteiger partial charge on any atom is -0.366 e. The van der Waals surface area contributed by atoms with E-state index in [9.17, 15) is 4.79 Å². The average molecular weight is 260 g/mol. The average Bonchev–Trinajstić information content (AvgIpc) is 2.76. The molecule has 3 heterocycles. The molecule has 1 amide bonds. The molecule has 0 aromatic carbocycles. The fourth-order valence-electron chi connectivity index (χ4n) is 3.30. The van der Waals surface area contributed by atoms with Crippen LogP contribution in [0.15, 0.2) is 18.3 Å². The molecule has 0 saturated carbocycles. The van der Waals surface area contributed by atoms with Crippen LogP contribution in [0.1, 0.15) is 36.0 Å². The van der Waals surface area contributed by atoms with Gasteiger partial charge in [0.15, 0.2) is 0 Å². The lowest BCUT2D eigenvalue weighted by molar-refractivity contribution is 0.1000. The SMILES string of the molecule is CN(c1cc(C(N)=O)ccn1)C1CC2CCC(C1)N2. The second-order valence-corrected chi connectivity index (χ2v) is 5.64.